The van der Waals surface area contributed by atoms with Gasteiger partial charge in [-0.05, 0) is 18.2 Å². The van der Waals surface area contributed by atoms with Gasteiger partial charge in [0.1, 0.15) is 5.69 Å². The molecule has 6 nitrogen and oxygen atoms in total. The normalized spacial score (nSPS) is 10.5. The Morgan fingerprint density at radius 3 is 2.62 bits per heavy atom. The number of nitrogens with zero attached hydrogens (tertiary/aromatic N) is 4. The SMILES string of the molecule is O=[N+]([O-])c1cccc(-n2cc(-c3ccc(Cl)cc3)nn2)c1. The minimum atomic E-state index is -0.444. The molecule has 2 aromatic carbocycles. The van der Waals surface area contributed by atoms with Gasteiger partial charge in [0.2, 0.25) is 0 Å². The molecule has 0 amide bonds. The highest BCUT2D eigenvalue weighted by atomic mass is 35.5. The van der Waals surface area contributed by atoms with Crippen molar-refractivity contribution in [3.05, 3.63) is 69.9 Å². The monoisotopic (exact) mass is 300 g/mol. The molecule has 0 unspecified atom stereocenters. The molecule has 0 aliphatic rings. The van der Waals surface area contributed by atoms with Gasteiger partial charge in [0, 0.05) is 22.7 Å². The van der Waals surface area contributed by atoms with Gasteiger partial charge in [0.05, 0.1) is 16.8 Å². The lowest BCUT2D eigenvalue weighted by molar-refractivity contribution is -0.384. The third-order valence-electron chi connectivity index (χ3n) is 2.94. The summed E-state index contributed by atoms with van der Waals surface area (Å²) in [7, 11) is 0. The first-order chi connectivity index (χ1) is 10.1. The Bertz CT molecular complexity index is 799. The van der Waals surface area contributed by atoms with Crippen molar-refractivity contribution in [3.63, 3.8) is 0 Å². The van der Waals surface area contributed by atoms with Gasteiger partial charge in [0.25, 0.3) is 5.69 Å². The maximum absolute atomic E-state index is 10.8. The van der Waals surface area contributed by atoms with Crippen LogP contribution in [0.5, 0.6) is 0 Å². The van der Waals surface area contributed by atoms with Crippen LogP contribution < -0.4 is 0 Å². The quantitative estimate of drug-likeness (QED) is 0.548. The fraction of sp³-hybridized carbons (Fsp3) is 0. The fourth-order valence-corrected chi connectivity index (χ4v) is 2.02. The Morgan fingerprint density at radius 2 is 1.90 bits per heavy atom. The van der Waals surface area contributed by atoms with Crippen LogP contribution in [0.1, 0.15) is 0 Å². The summed E-state index contributed by atoms with van der Waals surface area (Å²) < 4.78 is 1.50. The van der Waals surface area contributed by atoms with Crippen LogP contribution in [0, 0.1) is 10.1 Å². The number of nitro groups is 1. The average Bonchev–Trinajstić information content (AvgIpc) is 2.98. The largest absolute Gasteiger partial charge is 0.271 e. The highest BCUT2D eigenvalue weighted by Crippen LogP contribution is 2.21. The lowest BCUT2D eigenvalue weighted by atomic mass is 10.2. The molecule has 0 atom stereocenters. The van der Waals surface area contributed by atoms with E-state index in [1.54, 1.807) is 30.5 Å². The molecule has 3 rings (SSSR count). The van der Waals surface area contributed by atoms with E-state index in [1.807, 2.05) is 12.1 Å². The van der Waals surface area contributed by atoms with Crippen molar-refractivity contribution in [2.24, 2.45) is 0 Å². The second kappa shape index (κ2) is 5.34. The second-order valence-corrected chi connectivity index (χ2v) is 4.77. The Morgan fingerprint density at radius 1 is 1.14 bits per heavy atom. The van der Waals surface area contributed by atoms with Crippen molar-refractivity contribution in [1.29, 1.82) is 0 Å². The Labute approximate surface area is 124 Å². The number of benzene rings is 2. The van der Waals surface area contributed by atoms with Gasteiger partial charge in [-0.15, -0.1) is 5.10 Å². The molecular weight excluding hydrogens is 292 g/mol. The molecule has 3 aromatic rings. The number of hydrogen-bond donors (Lipinski definition) is 0. The van der Waals surface area contributed by atoms with E-state index in [2.05, 4.69) is 10.3 Å². The van der Waals surface area contributed by atoms with E-state index in [0.717, 1.165) is 5.56 Å². The third kappa shape index (κ3) is 2.75. The second-order valence-electron chi connectivity index (χ2n) is 4.33. The topological polar surface area (TPSA) is 73.8 Å². The molecule has 0 spiro atoms. The van der Waals surface area contributed by atoms with Crippen LogP contribution in [0.4, 0.5) is 5.69 Å². The average molecular weight is 301 g/mol. The molecule has 0 saturated heterocycles. The van der Waals surface area contributed by atoms with Crippen LogP contribution >= 0.6 is 11.6 Å². The summed E-state index contributed by atoms with van der Waals surface area (Å²) in [5, 5.41) is 19.5. The lowest BCUT2D eigenvalue weighted by Gasteiger charge is -1.99. The van der Waals surface area contributed by atoms with Crippen molar-refractivity contribution < 1.29 is 4.92 Å². The van der Waals surface area contributed by atoms with Crippen LogP contribution in [-0.4, -0.2) is 19.9 Å². The first kappa shape index (κ1) is 13.3. The third-order valence-corrected chi connectivity index (χ3v) is 3.19. The van der Waals surface area contributed by atoms with Crippen LogP contribution in [0.2, 0.25) is 5.02 Å². The Kier molecular flexibility index (Phi) is 3.37. The minimum Gasteiger partial charge on any atom is -0.258 e. The van der Waals surface area contributed by atoms with E-state index in [0.29, 0.717) is 16.4 Å². The zero-order valence-corrected chi connectivity index (χ0v) is 11.4. The summed E-state index contributed by atoms with van der Waals surface area (Å²) >= 11 is 5.84. The summed E-state index contributed by atoms with van der Waals surface area (Å²) in [5.74, 6) is 0. The van der Waals surface area contributed by atoms with Crippen LogP contribution in [0.25, 0.3) is 16.9 Å². The maximum Gasteiger partial charge on any atom is 0.271 e. The molecule has 1 heterocycles. The number of nitro benzene ring substituents is 1. The van der Waals surface area contributed by atoms with Gasteiger partial charge >= 0.3 is 0 Å². The molecular formula is C14H9ClN4O2. The van der Waals surface area contributed by atoms with Crippen molar-refractivity contribution in [1.82, 2.24) is 15.0 Å². The van der Waals surface area contributed by atoms with Gasteiger partial charge in [-0.3, -0.25) is 10.1 Å². The van der Waals surface area contributed by atoms with E-state index in [1.165, 1.54) is 16.8 Å². The Balaban J connectivity index is 1.96. The molecule has 104 valence electrons. The fourth-order valence-electron chi connectivity index (χ4n) is 1.89. The maximum atomic E-state index is 10.8. The summed E-state index contributed by atoms with van der Waals surface area (Å²) in [6.07, 6.45) is 1.71. The van der Waals surface area contributed by atoms with Crippen LogP contribution in [0.3, 0.4) is 0 Å². The molecule has 0 fully saturated rings. The lowest BCUT2D eigenvalue weighted by Crippen LogP contribution is -1.96. The summed E-state index contributed by atoms with van der Waals surface area (Å²) in [5.41, 5.74) is 2.13. The van der Waals surface area contributed by atoms with Gasteiger partial charge < -0.3 is 0 Å². The Hall–Kier alpha value is -2.73. The van der Waals surface area contributed by atoms with Gasteiger partial charge in [-0.2, -0.15) is 0 Å². The van der Waals surface area contributed by atoms with E-state index < -0.39 is 4.92 Å². The number of non-ortho nitro benzene ring substituents is 1. The predicted molar refractivity (Wildman–Crippen MR) is 78.5 cm³/mol. The van der Waals surface area contributed by atoms with Crippen molar-refractivity contribution in [2.45, 2.75) is 0 Å². The highest BCUT2D eigenvalue weighted by molar-refractivity contribution is 6.30. The first-order valence-corrected chi connectivity index (χ1v) is 6.44. The van der Waals surface area contributed by atoms with Crippen molar-refractivity contribution in [3.8, 4) is 16.9 Å². The standard InChI is InChI=1S/C14H9ClN4O2/c15-11-6-4-10(5-7-11)14-9-18(17-16-14)12-2-1-3-13(8-12)19(20)21/h1-9H. The summed E-state index contributed by atoms with van der Waals surface area (Å²) in [6, 6.07) is 13.4. The highest BCUT2D eigenvalue weighted by Gasteiger charge is 2.09. The zero-order chi connectivity index (χ0) is 14.8. The number of hydrogen-bond acceptors (Lipinski definition) is 4. The molecule has 7 heteroatoms. The van der Waals surface area contributed by atoms with Gasteiger partial charge in [-0.25, -0.2) is 4.68 Å². The van der Waals surface area contributed by atoms with E-state index in [4.69, 9.17) is 11.6 Å². The zero-order valence-electron chi connectivity index (χ0n) is 10.7. The van der Waals surface area contributed by atoms with Gasteiger partial charge in [0.15, 0.2) is 0 Å². The molecule has 0 saturated carbocycles. The van der Waals surface area contributed by atoms with Crippen molar-refractivity contribution in [2.75, 3.05) is 0 Å². The number of halogens is 1. The van der Waals surface area contributed by atoms with Crippen LogP contribution in [-0.2, 0) is 0 Å². The summed E-state index contributed by atoms with van der Waals surface area (Å²) in [6.45, 7) is 0. The molecule has 0 aliphatic heterocycles. The summed E-state index contributed by atoms with van der Waals surface area (Å²) in [4.78, 5) is 10.3. The smallest absolute Gasteiger partial charge is 0.258 e. The molecule has 0 N–H and O–H groups in total. The minimum absolute atomic E-state index is 0.0102. The van der Waals surface area contributed by atoms with Crippen LogP contribution in [0.15, 0.2) is 54.7 Å². The molecule has 0 radical (unpaired) electrons. The molecule has 0 aliphatic carbocycles. The van der Waals surface area contributed by atoms with E-state index in [-0.39, 0.29) is 5.69 Å². The first-order valence-electron chi connectivity index (χ1n) is 6.06. The van der Waals surface area contributed by atoms with E-state index in [9.17, 15) is 10.1 Å². The number of rotatable bonds is 3. The van der Waals surface area contributed by atoms with Crippen molar-refractivity contribution >= 4 is 17.3 Å². The van der Waals surface area contributed by atoms with Gasteiger partial charge in [-0.1, -0.05) is 35.0 Å². The number of aromatic nitrogens is 3. The van der Waals surface area contributed by atoms with E-state index >= 15 is 0 Å². The molecule has 0 bridgehead atoms. The molecule has 21 heavy (non-hydrogen) atoms. The predicted octanol–water partition coefficient (Wildman–Crippen LogP) is 3.50. The molecule has 1 aromatic heterocycles.